The van der Waals surface area contributed by atoms with Crippen LogP contribution in [0.1, 0.15) is 49.9 Å². The number of phenols is 1. The molecule has 8 bridgehead atoms. The molecule has 0 radical (unpaired) electrons. The molecule has 0 aromatic heterocycles. The first-order valence-electron chi connectivity index (χ1n) is 14.1. The van der Waals surface area contributed by atoms with Crippen molar-refractivity contribution in [3.8, 4) is 34.5 Å². The lowest BCUT2D eigenvalue weighted by Crippen LogP contribution is -2.40. The number of nitrogens with zero attached hydrogens (tertiary/aromatic N) is 1. The van der Waals surface area contributed by atoms with E-state index in [4.69, 9.17) is 18.9 Å². The van der Waals surface area contributed by atoms with Crippen molar-refractivity contribution in [1.82, 2.24) is 10.2 Å². The molecule has 2 amide bonds. The van der Waals surface area contributed by atoms with Gasteiger partial charge in [0, 0.05) is 18.7 Å². The summed E-state index contributed by atoms with van der Waals surface area (Å²) in [5, 5.41) is 13.2. The monoisotopic (exact) mass is 580 g/mol. The Labute approximate surface area is 249 Å². The molecule has 9 nitrogen and oxygen atoms in total. The van der Waals surface area contributed by atoms with Gasteiger partial charge in [-0.15, -0.1) is 0 Å². The lowest BCUT2D eigenvalue weighted by molar-refractivity contribution is 0.0693. The first-order chi connectivity index (χ1) is 20.9. The normalized spacial score (nSPS) is 16.2. The minimum atomic E-state index is -0.405. The Morgan fingerprint density at radius 2 is 1.81 bits per heavy atom. The second-order valence-electron chi connectivity index (χ2n) is 10.4. The highest BCUT2D eigenvalue weighted by atomic mass is 16.5. The van der Waals surface area contributed by atoms with Crippen LogP contribution in [-0.4, -0.2) is 55.7 Å². The molecule has 4 aromatic carbocycles. The van der Waals surface area contributed by atoms with Crippen molar-refractivity contribution >= 4 is 11.8 Å². The fraction of sp³-hybridized carbons (Fsp3) is 0.235. The van der Waals surface area contributed by atoms with E-state index in [0.717, 1.165) is 16.7 Å². The van der Waals surface area contributed by atoms with Crippen LogP contribution in [0.25, 0.3) is 0 Å². The Hall–Kier alpha value is -5.18. The van der Waals surface area contributed by atoms with Gasteiger partial charge in [0.2, 0.25) is 0 Å². The van der Waals surface area contributed by atoms with Crippen LogP contribution in [0.5, 0.6) is 34.5 Å². The number of amides is 2. The standard InChI is InChI=1S/C34H32N2O7/c1-40-24-6-3-5-23(18-24)34(39)36-15-13-21-17-25-8-10-27(21)32(36)22-7-12-30(41-2)31(19-22)42-16-4-14-35-33(38)28-20-26(43-25)9-11-29(28)37/h3,5-12,17-20,32,37H,4,13-16H2,1-2H3,(H,35,38). The predicted molar refractivity (Wildman–Crippen MR) is 160 cm³/mol. The Kier molecular flexibility index (Phi) is 7.79. The van der Waals surface area contributed by atoms with Crippen LogP contribution in [0.15, 0.2) is 78.9 Å². The van der Waals surface area contributed by atoms with Crippen LogP contribution in [-0.2, 0) is 6.42 Å². The average molecular weight is 581 g/mol. The summed E-state index contributed by atoms with van der Waals surface area (Å²) in [7, 11) is 3.16. The number of aromatic hydroxyl groups is 1. The van der Waals surface area contributed by atoms with E-state index in [-0.39, 0.29) is 17.2 Å². The highest BCUT2D eigenvalue weighted by Crippen LogP contribution is 2.41. The number of rotatable bonds is 3. The van der Waals surface area contributed by atoms with Gasteiger partial charge in [-0.3, -0.25) is 9.59 Å². The fourth-order valence-corrected chi connectivity index (χ4v) is 5.59. The van der Waals surface area contributed by atoms with E-state index >= 15 is 0 Å². The summed E-state index contributed by atoms with van der Waals surface area (Å²) < 4.78 is 23.2. The fourth-order valence-electron chi connectivity index (χ4n) is 5.59. The number of carbonyl (C=O) groups excluding carboxylic acids is 2. The molecule has 2 N–H and O–H groups in total. The Balaban J connectivity index is 1.46. The summed E-state index contributed by atoms with van der Waals surface area (Å²) in [4.78, 5) is 28.7. The van der Waals surface area contributed by atoms with Gasteiger partial charge < -0.3 is 34.3 Å². The number of benzene rings is 4. The van der Waals surface area contributed by atoms with Crippen molar-refractivity contribution in [2.45, 2.75) is 18.9 Å². The summed E-state index contributed by atoms with van der Waals surface area (Å²) in [6.07, 6.45) is 1.13. The van der Waals surface area contributed by atoms with E-state index < -0.39 is 11.9 Å². The minimum Gasteiger partial charge on any atom is -0.507 e. The van der Waals surface area contributed by atoms with E-state index in [9.17, 15) is 14.7 Å². The lowest BCUT2D eigenvalue weighted by Gasteiger charge is -2.38. The summed E-state index contributed by atoms with van der Waals surface area (Å²) in [5.41, 5.74) is 3.54. The third-order valence-electron chi connectivity index (χ3n) is 7.74. The highest BCUT2D eigenvalue weighted by Gasteiger charge is 2.34. The number of hydrogen-bond donors (Lipinski definition) is 2. The van der Waals surface area contributed by atoms with Crippen LogP contribution in [0.2, 0.25) is 0 Å². The highest BCUT2D eigenvalue weighted by molar-refractivity contribution is 5.97. The quantitative estimate of drug-likeness (QED) is 0.330. The van der Waals surface area contributed by atoms with Crippen LogP contribution in [0.3, 0.4) is 0 Å². The number of phenolic OH excluding ortho intramolecular Hbond substituents is 1. The molecule has 7 rings (SSSR count). The minimum absolute atomic E-state index is 0.109. The zero-order chi connectivity index (χ0) is 29.9. The Bertz CT molecular complexity index is 1690. The first kappa shape index (κ1) is 28.0. The average Bonchev–Trinajstić information content (AvgIpc) is 3.04. The predicted octanol–water partition coefficient (Wildman–Crippen LogP) is 5.50. The van der Waals surface area contributed by atoms with Gasteiger partial charge in [-0.05, 0) is 90.2 Å². The molecule has 9 heteroatoms. The van der Waals surface area contributed by atoms with Gasteiger partial charge in [0.05, 0.1) is 32.4 Å². The molecular formula is C34H32N2O7. The Morgan fingerprint density at radius 1 is 0.977 bits per heavy atom. The van der Waals surface area contributed by atoms with E-state index in [1.54, 1.807) is 32.4 Å². The molecular weight excluding hydrogens is 548 g/mol. The molecule has 0 aliphatic carbocycles. The first-order valence-corrected chi connectivity index (χ1v) is 14.1. The maximum Gasteiger partial charge on any atom is 0.255 e. The molecule has 43 heavy (non-hydrogen) atoms. The SMILES string of the molecule is COc1cccc(C(=O)N2CCc3cc4ccc3C2c2ccc(OC)c(c2)OCCCNC(=O)c2cc(ccc2O)O4)c1. The maximum atomic E-state index is 14.0. The van der Waals surface area contributed by atoms with E-state index in [2.05, 4.69) is 5.32 Å². The number of methoxy groups -OCH3 is 2. The zero-order valence-corrected chi connectivity index (χ0v) is 24.0. The summed E-state index contributed by atoms with van der Waals surface area (Å²) in [6.45, 7) is 1.12. The van der Waals surface area contributed by atoms with Crippen LogP contribution in [0.4, 0.5) is 0 Å². The third kappa shape index (κ3) is 5.66. The number of hydrogen-bond acceptors (Lipinski definition) is 7. The van der Waals surface area contributed by atoms with Gasteiger partial charge in [-0.1, -0.05) is 18.2 Å². The van der Waals surface area contributed by atoms with Crippen LogP contribution >= 0.6 is 0 Å². The number of fused-ring (bicyclic) bond motifs is 6. The molecule has 0 saturated carbocycles. The van der Waals surface area contributed by atoms with Crippen molar-refractivity contribution in [2.24, 2.45) is 0 Å². The molecule has 4 aromatic rings. The van der Waals surface area contributed by atoms with Gasteiger partial charge >= 0.3 is 0 Å². The lowest BCUT2D eigenvalue weighted by atomic mass is 9.87. The van der Waals surface area contributed by atoms with E-state index in [0.29, 0.717) is 66.8 Å². The zero-order valence-electron chi connectivity index (χ0n) is 24.0. The molecule has 1 unspecified atom stereocenters. The van der Waals surface area contributed by atoms with Gasteiger partial charge in [0.15, 0.2) is 11.5 Å². The molecule has 220 valence electrons. The molecule has 0 fully saturated rings. The molecule has 3 aliphatic heterocycles. The van der Waals surface area contributed by atoms with Crippen LogP contribution < -0.4 is 24.3 Å². The number of nitrogens with one attached hydrogen (secondary N) is 1. The van der Waals surface area contributed by atoms with Gasteiger partial charge in [-0.25, -0.2) is 0 Å². The Morgan fingerprint density at radius 3 is 2.65 bits per heavy atom. The van der Waals surface area contributed by atoms with Crippen molar-refractivity contribution in [3.63, 3.8) is 0 Å². The summed E-state index contributed by atoms with van der Waals surface area (Å²) in [5.74, 6) is 2.08. The van der Waals surface area contributed by atoms with E-state index in [1.807, 2.05) is 53.4 Å². The topological polar surface area (TPSA) is 107 Å². The van der Waals surface area contributed by atoms with E-state index in [1.165, 1.54) is 12.1 Å². The van der Waals surface area contributed by atoms with Crippen molar-refractivity contribution < 1.29 is 33.6 Å². The van der Waals surface area contributed by atoms with Gasteiger partial charge in [0.25, 0.3) is 11.8 Å². The van der Waals surface area contributed by atoms with Crippen molar-refractivity contribution in [2.75, 3.05) is 33.9 Å². The molecule has 0 spiro atoms. The second-order valence-corrected chi connectivity index (χ2v) is 10.4. The number of ether oxygens (including phenoxy) is 4. The molecule has 0 saturated heterocycles. The van der Waals surface area contributed by atoms with Gasteiger partial charge in [0.1, 0.15) is 23.0 Å². The van der Waals surface area contributed by atoms with Gasteiger partial charge in [-0.2, -0.15) is 0 Å². The maximum absolute atomic E-state index is 14.0. The molecule has 1 atom stereocenters. The third-order valence-corrected chi connectivity index (χ3v) is 7.74. The van der Waals surface area contributed by atoms with Crippen molar-refractivity contribution in [1.29, 1.82) is 0 Å². The molecule has 3 heterocycles. The van der Waals surface area contributed by atoms with Crippen molar-refractivity contribution in [3.05, 3.63) is 107 Å². The summed E-state index contributed by atoms with van der Waals surface area (Å²) >= 11 is 0. The number of carbonyl (C=O) groups is 2. The summed E-state index contributed by atoms with van der Waals surface area (Å²) in [6, 6.07) is 22.9. The molecule has 3 aliphatic rings. The largest absolute Gasteiger partial charge is 0.507 e. The smallest absolute Gasteiger partial charge is 0.255 e. The van der Waals surface area contributed by atoms with Crippen LogP contribution in [0, 0.1) is 0 Å². The second kappa shape index (κ2) is 12.0.